The number of aliphatic hydroxyl groups is 1. The topological polar surface area (TPSA) is 64.2 Å². The number of nitrogens with zero attached hydrogens (tertiary/aromatic N) is 2. The van der Waals surface area contributed by atoms with Gasteiger partial charge in [0.25, 0.3) is 0 Å². The minimum absolute atomic E-state index is 0.548. The summed E-state index contributed by atoms with van der Waals surface area (Å²) in [5.74, 6) is 0.885. The number of imidazole rings is 1. The van der Waals surface area contributed by atoms with Gasteiger partial charge in [0.1, 0.15) is 5.82 Å². The zero-order valence-corrected chi connectivity index (χ0v) is 9.62. The third kappa shape index (κ3) is 4.92. The molecule has 0 bridgehead atoms. The highest BCUT2D eigenvalue weighted by Crippen LogP contribution is 2.02. The predicted octanol–water partition coefficient (Wildman–Crippen LogP) is -0.188. The van der Waals surface area contributed by atoms with Gasteiger partial charge in [0.15, 0.2) is 0 Å². The van der Waals surface area contributed by atoms with Gasteiger partial charge in [-0.1, -0.05) is 0 Å². The van der Waals surface area contributed by atoms with Gasteiger partial charge in [-0.2, -0.15) is 0 Å². The van der Waals surface area contributed by atoms with Crippen LogP contribution < -0.4 is 5.32 Å². The SMILES string of the molecule is CN(C)CC(C)(O)CNCc1ncc[nH]1. The molecule has 3 N–H and O–H groups in total. The van der Waals surface area contributed by atoms with Crippen molar-refractivity contribution in [1.82, 2.24) is 20.2 Å². The summed E-state index contributed by atoms with van der Waals surface area (Å²) in [6, 6.07) is 0. The van der Waals surface area contributed by atoms with Gasteiger partial charge in [-0.25, -0.2) is 4.98 Å². The molecular weight excluding hydrogens is 192 g/mol. The van der Waals surface area contributed by atoms with Crippen molar-refractivity contribution < 1.29 is 5.11 Å². The first kappa shape index (κ1) is 12.2. The maximum absolute atomic E-state index is 9.98. The van der Waals surface area contributed by atoms with Gasteiger partial charge < -0.3 is 20.3 Å². The standard InChI is InChI=1S/C10H20N4O/c1-10(15,8-14(2)3)7-11-6-9-12-4-5-13-9/h4-5,11,15H,6-8H2,1-3H3,(H,12,13). The van der Waals surface area contributed by atoms with Crippen LogP contribution in [0.2, 0.25) is 0 Å². The van der Waals surface area contributed by atoms with Crippen LogP contribution in [0.4, 0.5) is 0 Å². The molecule has 0 aliphatic carbocycles. The Morgan fingerprint density at radius 1 is 1.60 bits per heavy atom. The molecular formula is C10H20N4O. The Bertz CT molecular complexity index is 269. The lowest BCUT2D eigenvalue weighted by molar-refractivity contribution is 0.0335. The molecule has 0 fully saturated rings. The normalized spacial score (nSPS) is 15.5. The molecule has 1 aromatic heterocycles. The van der Waals surface area contributed by atoms with Crippen LogP contribution in [0.1, 0.15) is 12.7 Å². The lowest BCUT2D eigenvalue weighted by Crippen LogP contribution is -2.45. The number of nitrogens with one attached hydrogen (secondary N) is 2. The van der Waals surface area contributed by atoms with Crippen LogP contribution >= 0.6 is 0 Å². The number of hydrogen-bond donors (Lipinski definition) is 3. The van der Waals surface area contributed by atoms with E-state index in [1.54, 1.807) is 12.4 Å². The van der Waals surface area contributed by atoms with Crippen molar-refractivity contribution in [1.29, 1.82) is 0 Å². The maximum atomic E-state index is 9.98. The molecule has 0 spiro atoms. The van der Waals surface area contributed by atoms with E-state index in [1.807, 2.05) is 25.9 Å². The van der Waals surface area contributed by atoms with E-state index >= 15 is 0 Å². The summed E-state index contributed by atoms with van der Waals surface area (Å²) in [6.45, 7) is 3.66. The van der Waals surface area contributed by atoms with Gasteiger partial charge in [0.2, 0.25) is 0 Å². The number of rotatable bonds is 6. The van der Waals surface area contributed by atoms with Crippen LogP contribution in [0.3, 0.4) is 0 Å². The summed E-state index contributed by atoms with van der Waals surface area (Å²) < 4.78 is 0. The van der Waals surface area contributed by atoms with E-state index in [-0.39, 0.29) is 0 Å². The number of likely N-dealkylation sites (N-methyl/N-ethyl adjacent to an activating group) is 1. The van der Waals surface area contributed by atoms with Crippen LogP contribution in [0.25, 0.3) is 0 Å². The smallest absolute Gasteiger partial charge is 0.120 e. The van der Waals surface area contributed by atoms with Crippen molar-refractivity contribution >= 4 is 0 Å². The molecule has 0 aromatic carbocycles. The summed E-state index contributed by atoms with van der Waals surface area (Å²) in [7, 11) is 3.89. The van der Waals surface area contributed by atoms with Crippen molar-refractivity contribution in [3.8, 4) is 0 Å². The maximum Gasteiger partial charge on any atom is 0.120 e. The molecule has 0 aliphatic heterocycles. The molecule has 1 atom stereocenters. The van der Waals surface area contributed by atoms with Gasteiger partial charge in [-0.3, -0.25) is 0 Å². The third-order valence-corrected chi connectivity index (χ3v) is 2.01. The molecule has 1 unspecified atom stereocenters. The molecule has 5 heteroatoms. The minimum Gasteiger partial charge on any atom is -0.388 e. The highest BCUT2D eigenvalue weighted by atomic mass is 16.3. The number of H-pyrrole nitrogens is 1. The molecule has 1 rings (SSSR count). The molecule has 0 radical (unpaired) electrons. The molecule has 1 aromatic rings. The Labute approximate surface area is 90.5 Å². The third-order valence-electron chi connectivity index (χ3n) is 2.01. The molecule has 0 saturated carbocycles. The summed E-state index contributed by atoms with van der Waals surface area (Å²) in [4.78, 5) is 9.05. The second-order valence-electron chi connectivity index (χ2n) is 4.37. The van der Waals surface area contributed by atoms with Crippen LogP contribution in [0.5, 0.6) is 0 Å². The zero-order valence-electron chi connectivity index (χ0n) is 9.62. The summed E-state index contributed by atoms with van der Waals surface area (Å²) in [5.41, 5.74) is -0.712. The largest absolute Gasteiger partial charge is 0.388 e. The second-order valence-corrected chi connectivity index (χ2v) is 4.37. The fraction of sp³-hybridized carbons (Fsp3) is 0.700. The molecule has 0 amide bonds. The average molecular weight is 212 g/mol. The Hall–Kier alpha value is -0.910. The Morgan fingerprint density at radius 3 is 2.87 bits per heavy atom. The lowest BCUT2D eigenvalue weighted by Gasteiger charge is -2.27. The van der Waals surface area contributed by atoms with Crippen LogP contribution in [-0.2, 0) is 6.54 Å². The Balaban J connectivity index is 2.24. The predicted molar refractivity (Wildman–Crippen MR) is 59.5 cm³/mol. The van der Waals surface area contributed by atoms with Gasteiger partial charge in [0.05, 0.1) is 12.1 Å². The van der Waals surface area contributed by atoms with Gasteiger partial charge >= 0.3 is 0 Å². The van der Waals surface area contributed by atoms with Gasteiger partial charge in [-0.15, -0.1) is 0 Å². The lowest BCUT2D eigenvalue weighted by atomic mass is 10.1. The van der Waals surface area contributed by atoms with E-state index in [1.165, 1.54) is 0 Å². The molecule has 15 heavy (non-hydrogen) atoms. The van der Waals surface area contributed by atoms with Gasteiger partial charge in [-0.05, 0) is 21.0 Å². The zero-order chi connectivity index (χ0) is 11.3. The first-order valence-corrected chi connectivity index (χ1v) is 5.06. The van der Waals surface area contributed by atoms with Gasteiger partial charge in [0, 0.05) is 25.5 Å². The minimum atomic E-state index is -0.712. The van der Waals surface area contributed by atoms with E-state index in [0.717, 1.165) is 5.82 Å². The van der Waals surface area contributed by atoms with Crippen LogP contribution in [0.15, 0.2) is 12.4 Å². The molecule has 86 valence electrons. The molecule has 0 aliphatic rings. The van der Waals surface area contributed by atoms with Crippen molar-refractivity contribution in [3.63, 3.8) is 0 Å². The first-order chi connectivity index (χ1) is 6.99. The highest BCUT2D eigenvalue weighted by molar-refractivity contribution is 4.87. The quantitative estimate of drug-likeness (QED) is 0.611. The van der Waals surface area contributed by atoms with E-state index in [0.29, 0.717) is 19.6 Å². The van der Waals surface area contributed by atoms with E-state index < -0.39 is 5.60 Å². The molecule has 1 heterocycles. The molecule has 5 nitrogen and oxygen atoms in total. The first-order valence-electron chi connectivity index (χ1n) is 5.06. The average Bonchev–Trinajstić information content (AvgIpc) is 2.53. The van der Waals surface area contributed by atoms with Crippen LogP contribution in [0, 0.1) is 0 Å². The Kier molecular flexibility index (Phi) is 4.26. The Morgan fingerprint density at radius 2 is 2.33 bits per heavy atom. The monoisotopic (exact) mass is 212 g/mol. The van der Waals surface area contributed by atoms with Crippen molar-refractivity contribution in [2.45, 2.75) is 19.1 Å². The fourth-order valence-electron chi connectivity index (χ4n) is 1.58. The van der Waals surface area contributed by atoms with E-state index in [4.69, 9.17) is 0 Å². The fourth-order valence-corrected chi connectivity index (χ4v) is 1.58. The van der Waals surface area contributed by atoms with Crippen LogP contribution in [-0.4, -0.2) is 52.8 Å². The van der Waals surface area contributed by atoms with Crippen molar-refractivity contribution in [3.05, 3.63) is 18.2 Å². The van der Waals surface area contributed by atoms with E-state index in [2.05, 4.69) is 15.3 Å². The highest BCUT2D eigenvalue weighted by Gasteiger charge is 2.20. The van der Waals surface area contributed by atoms with E-state index in [9.17, 15) is 5.11 Å². The molecule has 0 saturated heterocycles. The number of aromatic amines is 1. The summed E-state index contributed by atoms with van der Waals surface area (Å²) in [6.07, 6.45) is 3.50. The number of aromatic nitrogens is 2. The van der Waals surface area contributed by atoms with Crippen molar-refractivity contribution in [2.24, 2.45) is 0 Å². The summed E-state index contributed by atoms with van der Waals surface area (Å²) >= 11 is 0. The summed E-state index contributed by atoms with van der Waals surface area (Å²) in [5, 5.41) is 13.1. The number of hydrogen-bond acceptors (Lipinski definition) is 4. The van der Waals surface area contributed by atoms with Crippen molar-refractivity contribution in [2.75, 3.05) is 27.2 Å². The second kappa shape index (κ2) is 5.25.